The summed E-state index contributed by atoms with van der Waals surface area (Å²) in [7, 11) is 0. The lowest BCUT2D eigenvalue weighted by Crippen LogP contribution is -2.42. The second-order valence-corrected chi connectivity index (χ2v) is 6.89. The number of hydrogen-bond donors (Lipinski definition) is 4. The van der Waals surface area contributed by atoms with Gasteiger partial charge < -0.3 is 24.8 Å². The van der Waals surface area contributed by atoms with Gasteiger partial charge in [-0.15, -0.1) is 0 Å². The number of carboxylic acids is 3. The average Bonchev–Trinajstić information content (AvgIpc) is 2.92. The van der Waals surface area contributed by atoms with Crippen LogP contribution in [0.1, 0.15) is 24.2 Å². The van der Waals surface area contributed by atoms with E-state index in [1.54, 1.807) is 0 Å². The highest BCUT2D eigenvalue weighted by Crippen LogP contribution is 2.33. The van der Waals surface area contributed by atoms with E-state index in [9.17, 15) is 14.4 Å². The number of rotatable bonds is 5. The largest absolute Gasteiger partial charge is 0.481 e. The lowest BCUT2D eigenvalue weighted by molar-refractivity contribution is -0.170. The molecule has 0 unspecified atom stereocenters. The maximum absolute atomic E-state index is 10.3. The van der Waals surface area contributed by atoms with Crippen molar-refractivity contribution in [2.45, 2.75) is 30.6 Å². The highest BCUT2D eigenvalue weighted by molar-refractivity contribution is 7.98. The van der Waals surface area contributed by atoms with Gasteiger partial charge >= 0.3 is 17.9 Å². The number of aliphatic carboxylic acids is 3. The molecular weight excluding hydrogens is 364 g/mol. The summed E-state index contributed by atoms with van der Waals surface area (Å²) in [5.41, 5.74) is -0.248. The van der Waals surface area contributed by atoms with Crippen LogP contribution in [0.25, 0.3) is 11.0 Å². The van der Waals surface area contributed by atoms with Gasteiger partial charge in [-0.25, -0.2) is 4.79 Å². The van der Waals surface area contributed by atoms with Gasteiger partial charge in [-0.05, 0) is 18.2 Å². The first-order valence-corrected chi connectivity index (χ1v) is 8.85. The molecule has 0 radical (unpaired) electrons. The summed E-state index contributed by atoms with van der Waals surface area (Å²) >= 11 is 1.96. The predicted molar refractivity (Wildman–Crippen MR) is 93.2 cm³/mol. The summed E-state index contributed by atoms with van der Waals surface area (Å²) in [6.45, 7) is 0. The minimum atomic E-state index is -2.74. The maximum Gasteiger partial charge on any atom is 0.336 e. The van der Waals surface area contributed by atoms with E-state index >= 15 is 0 Å². The first-order valence-electron chi connectivity index (χ1n) is 7.69. The van der Waals surface area contributed by atoms with Gasteiger partial charge in [0, 0.05) is 10.9 Å². The Bertz CT molecular complexity index is 809. The van der Waals surface area contributed by atoms with Crippen molar-refractivity contribution in [2.24, 2.45) is 0 Å². The van der Waals surface area contributed by atoms with Gasteiger partial charge in [-0.2, -0.15) is 11.8 Å². The lowest BCUT2D eigenvalue weighted by Gasteiger charge is -2.18. The molecule has 0 spiro atoms. The van der Waals surface area contributed by atoms with Crippen LogP contribution < -0.4 is 0 Å². The summed E-state index contributed by atoms with van der Waals surface area (Å²) < 4.78 is 5.77. The lowest BCUT2D eigenvalue weighted by atomic mass is 9.96. The van der Waals surface area contributed by atoms with E-state index < -0.39 is 36.4 Å². The second kappa shape index (κ2) is 8.24. The molecule has 2 aromatic rings. The van der Waals surface area contributed by atoms with E-state index in [1.807, 2.05) is 17.8 Å². The standard InChI is InChI=1S/C11H10OS.C6H8O7/c1-2-4-10-8(3-1)9-5-6-13-7-11(9)12-10;7-3(8)1-6(13,5(11)12)2-4(9)10/h1-4H,5-7H2;13H,1-2H2,(H,7,8)(H,9,10)(H,11,12). The third-order valence-electron chi connectivity index (χ3n) is 3.80. The first-order chi connectivity index (χ1) is 12.2. The Morgan fingerprint density at radius 2 is 1.69 bits per heavy atom. The number of benzene rings is 1. The molecular formula is C17H18O8S. The van der Waals surface area contributed by atoms with Gasteiger partial charge in [0.05, 0.1) is 18.6 Å². The van der Waals surface area contributed by atoms with Crippen LogP contribution in [0.3, 0.4) is 0 Å². The fourth-order valence-corrected chi connectivity index (χ4v) is 3.50. The molecule has 0 amide bonds. The molecule has 0 saturated heterocycles. The Hall–Kier alpha value is -2.52. The van der Waals surface area contributed by atoms with Crippen molar-refractivity contribution in [3.8, 4) is 0 Å². The summed E-state index contributed by atoms with van der Waals surface area (Å²) in [6, 6.07) is 8.33. The Morgan fingerprint density at radius 3 is 2.27 bits per heavy atom. The second-order valence-electron chi connectivity index (χ2n) is 5.78. The Morgan fingerprint density at radius 1 is 1.08 bits per heavy atom. The number of hydrogen-bond acceptors (Lipinski definition) is 6. The van der Waals surface area contributed by atoms with Crippen molar-refractivity contribution >= 4 is 40.6 Å². The number of carboxylic acid groups (broad SMARTS) is 3. The zero-order valence-electron chi connectivity index (χ0n) is 13.7. The van der Waals surface area contributed by atoms with Crippen LogP contribution in [-0.2, 0) is 26.6 Å². The van der Waals surface area contributed by atoms with Gasteiger partial charge in [-0.3, -0.25) is 9.59 Å². The van der Waals surface area contributed by atoms with E-state index in [2.05, 4.69) is 18.2 Å². The fraction of sp³-hybridized carbons (Fsp3) is 0.353. The average molecular weight is 382 g/mol. The number of aryl methyl sites for hydroxylation is 1. The van der Waals surface area contributed by atoms with Crippen molar-refractivity contribution in [2.75, 3.05) is 5.75 Å². The molecule has 8 nitrogen and oxygen atoms in total. The number of fused-ring (bicyclic) bond motifs is 3. The molecule has 0 fully saturated rings. The fourth-order valence-electron chi connectivity index (χ4n) is 2.59. The first kappa shape index (κ1) is 19.8. The van der Waals surface area contributed by atoms with Crippen molar-refractivity contribution in [1.29, 1.82) is 0 Å². The molecule has 0 bridgehead atoms. The van der Waals surface area contributed by atoms with Gasteiger partial charge in [0.25, 0.3) is 0 Å². The third kappa shape index (κ3) is 4.77. The van der Waals surface area contributed by atoms with Crippen LogP contribution in [0.2, 0.25) is 0 Å². The number of para-hydroxylation sites is 1. The van der Waals surface area contributed by atoms with Crippen molar-refractivity contribution in [3.63, 3.8) is 0 Å². The molecule has 2 heterocycles. The van der Waals surface area contributed by atoms with E-state index in [1.165, 1.54) is 22.5 Å². The molecule has 1 aromatic heterocycles. The van der Waals surface area contributed by atoms with Crippen LogP contribution in [0.15, 0.2) is 28.7 Å². The Balaban J connectivity index is 0.000000187. The number of carbonyl (C=O) groups is 3. The predicted octanol–water partition coefficient (Wildman–Crippen LogP) is 1.97. The monoisotopic (exact) mass is 382 g/mol. The minimum absolute atomic E-state index is 1.05. The van der Waals surface area contributed by atoms with Gasteiger partial charge in [0.1, 0.15) is 11.3 Å². The molecule has 3 rings (SSSR count). The van der Waals surface area contributed by atoms with E-state index in [0.717, 1.165) is 17.8 Å². The van der Waals surface area contributed by atoms with Gasteiger partial charge in [0.15, 0.2) is 5.60 Å². The highest BCUT2D eigenvalue weighted by Gasteiger charge is 2.40. The molecule has 4 N–H and O–H groups in total. The molecule has 1 aliphatic rings. The molecule has 1 aromatic carbocycles. The van der Waals surface area contributed by atoms with E-state index in [0.29, 0.717) is 0 Å². The molecule has 0 saturated carbocycles. The van der Waals surface area contributed by atoms with Crippen molar-refractivity contribution in [1.82, 2.24) is 0 Å². The molecule has 0 aliphatic carbocycles. The SMILES string of the molecule is O=C(O)CC(O)(CC(=O)O)C(=O)O.c1ccc2c3c(oc2c1)CSCC3. The number of thioether (sulfide) groups is 1. The molecule has 1 aliphatic heterocycles. The zero-order chi connectivity index (χ0) is 19.3. The summed E-state index contributed by atoms with van der Waals surface area (Å²) in [5, 5.41) is 35.1. The van der Waals surface area contributed by atoms with Gasteiger partial charge in [0.2, 0.25) is 0 Å². The Labute approximate surface area is 152 Å². The zero-order valence-corrected chi connectivity index (χ0v) is 14.5. The molecule has 0 atom stereocenters. The van der Waals surface area contributed by atoms with Crippen LogP contribution in [-0.4, -0.2) is 49.7 Å². The van der Waals surface area contributed by atoms with E-state index in [-0.39, 0.29) is 0 Å². The maximum atomic E-state index is 10.3. The molecule has 26 heavy (non-hydrogen) atoms. The van der Waals surface area contributed by atoms with Crippen molar-refractivity contribution < 1.29 is 39.2 Å². The minimum Gasteiger partial charge on any atom is -0.481 e. The normalized spacial score (nSPS) is 13.4. The smallest absolute Gasteiger partial charge is 0.336 e. The molecule has 140 valence electrons. The van der Waals surface area contributed by atoms with Gasteiger partial charge in [-0.1, -0.05) is 18.2 Å². The van der Waals surface area contributed by atoms with Crippen molar-refractivity contribution in [3.05, 3.63) is 35.6 Å². The third-order valence-corrected chi connectivity index (χ3v) is 4.76. The van der Waals surface area contributed by atoms with Crippen LogP contribution in [0.5, 0.6) is 0 Å². The summed E-state index contributed by atoms with van der Waals surface area (Å²) in [5.74, 6) is -1.55. The Kier molecular flexibility index (Phi) is 6.27. The number of aliphatic hydroxyl groups is 1. The molecule has 9 heteroatoms. The van der Waals surface area contributed by atoms with Crippen LogP contribution in [0.4, 0.5) is 0 Å². The summed E-state index contributed by atoms with van der Waals surface area (Å²) in [6.07, 6.45) is -1.12. The topological polar surface area (TPSA) is 145 Å². The summed E-state index contributed by atoms with van der Waals surface area (Å²) in [4.78, 5) is 30.5. The highest BCUT2D eigenvalue weighted by atomic mass is 32.2. The van der Waals surface area contributed by atoms with Crippen LogP contribution >= 0.6 is 11.8 Å². The van der Waals surface area contributed by atoms with Crippen LogP contribution in [0, 0.1) is 0 Å². The number of furan rings is 1. The van der Waals surface area contributed by atoms with E-state index in [4.69, 9.17) is 24.8 Å². The quantitative estimate of drug-likeness (QED) is 0.609.